The molecule has 0 aliphatic carbocycles. The van der Waals surface area contributed by atoms with Gasteiger partial charge in [-0.15, -0.1) is 0 Å². The van der Waals surface area contributed by atoms with Gasteiger partial charge in [-0.3, -0.25) is 4.79 Å². The van der Waals surface area contributed by atoms with Gasteiger partial charge in [-0.05, 0) is 24.6 Å². The van der Waals surface area contributed by atoms with Crippen LogP contribution in [0.2, 0.25) is 0 Å². The molecule has 7 nitrogen and oxygen atoms in total. The molecule has 1 aromatic carbocycles. The highest BCUT2D eigenvalue weighted by molar-refractivity contribution is 5.98. The first-order valence-electron chi connectivity index (χ1n) is 9.21. The Bertz CT molecular complexity index is 1140. The number of H-pyrrole nitrogens is 2. The number of hydrogen-bond donors (Lipinski definition) is 2. The summed E-state index contributed by atoms with van der Waals surface area (Å²) in [4.78, 5) is 32.6. The van der Waals surface area contributed by atoms with Gasteiger partial charge in [0.1, 0.15) is 23.5 Å². The standard InChI is InChI=1S/C20H18N6O/c27-20(17-7-12-3-1-2-4-16(12)24-17)26-10-13-8-14(26)9-25(13)19-15-5-6-21-18(15)22-11-23-19/h1-7,11,13-14,24H,8-10H2,(H,21,22,23). The van der Waals surface area contributed by atoms with Gasteiger partial charge >= 0.3 is 0 Å². The fourth-order valence-electron chi connectivity index (χ4n) is 4.61. The maximum absolute atomic E-state index is 13.1. The van der Waals surface area contributed by atoms with E-state index in [0.29, 0.717) is 11.7 Å². The first kappa shape index (κ1) is 14.8. The van der Waals surface area contributed by atoms with Crippen molar-refractivity contribution in [3.05, 3.63) is 54.6 Å². The summed E-state index contributed by atoms with van der Waals surface area (Å²) in [5.41, 5.74) is 2.53. The van der Waals surface area contributed by atoms with Crippen LogP contribution >= 0.6 is 0 Å². The van der Waals surface area contributed by atoms with Crippen molar-refractivity contribution in [2.45, 2.75) is 18.5 Å². The number of amides is 1. The smallest absolute Gasteiger partial charge is 0.270 e. The molecule has 1 amide bonds. The number of hydrogen-bond acceptors (Lipinski definition) is 4. The minimum absolute atomic E-state index is 0.0906. The zero-order valence-corrected chi connectivity index (χ0v) is 14.6. The van der Waals surface area contributed by atoms with Crippen molar-refractivity contribution in [1.82, 2.24) is 24.8 Å². The molecule has 7 heteroatoms. The molecule has 2 aliphatic heterocycles. The molecule has 0 saturated carbocycles. The van der Waals surface area contributed by atoms with Crippen LogP contribution in [0.5, 0.6) is 0 Å². The fourth-order valence-corrected chi connectivity index (χ4v) is 4.61. The predicted octanol–water partition coefficient (Wildman–Crippen LogP) is 2.54. The predicted molar refractivity (Wildman–Crippen MR) is 103 cm³/mol. The fraction of sp³-hybridized carbons (Fsp3) is 0.250. The second-order valence-corrected chi connectivity index (χ2v) is 7.36. The Morgan fingerprint density at radius 1 is 1.11 bits per heavy atom. The summed E-state index contributed by atoms with van der Waals surface area (Å²) in [6.45, 7) is 1.54. The molecule has 2 unspecified atom stereocenters. The van der Waals surface area contributed by atoms with E-state index in [1.165, 1.54) is 0 Å². The molecule has 134 valence electrons. The van der Waals surface area contributed by atoms with Gasteiger partial charge in [0.2, 0.25) is 0 Å². The van der Waals surface area contributed by atoms with Gasteiger partial charge in [0.05, 0.1) is 17.5 Å². The van der Waals surface area contributed by atoms with Gasteiger partial charge in [-0.25, -0.2) is 9.97 Å². The molecule has 5 heterocycles. The van der Waals surface area contributed by atoms with Gasteiger partial charge in [-0.2, -0.15) is 0 Å². The Balaban J connectivity index is 1.28. The van der Waals surface area contributed by atoms with Crippen LogP contribution in [0.3, 0.4) is 0 Å². The number of para-hydroxylation sites is 1. The van der Waals surface area contributed by atoms with Gasteiger partial charge in [-0.1, -0.05) is 18.2 Å². The third-order valence-corrected chi connectivity index (χ3v) is 5.87. The molecular weight excluding hydrogens is 340 g/mol. The monoisotopic (exact) mass is 358 g/mol. The van der Waals surface area contributed by atoms with Crippen LogP contribution < -0.4 is 4.90 Å². The molecule has 4 aromatic rings. The minimum atomic E-state index is 0.0906. The third kappa shape index (κ3) is 2.11. The zero-order chi connectivity index (χ0) is 18.0. The van der Waals surface area contributed by atoms with Gasteiger partial charge in [0.25, 0.3) is 5.91 Å². The van der Waals surface area contributed by atoms with Crippen molar-refractivity contribution in [3.63, 3.8) is 0 Å². The number of anilines is 1. The van der Waals surface area contributed by atoms with E-state index in [9.17, 15) is 4.79 Å². The van der Waals surface area contributed by atoms with E-state index < -0.39 is 0 Å². The van der Waals surface area contributed by atoms with Crippen molar-refractivity contribution >= 4 is 33.7 Å². The van der Waals surface area contributed by atoms with E-state index in [1.807, 2.05) is 47.5 Å². The highest BCUT2D eigenvalue weighted by Gasteiger charge is 2.46. The number of likely N-dealkylation sites (tertiary alicyclic amines) is 1. The maximum Gasteiger partial charge on any atom is 0.270 e. The molecule has 2 saturated heterocycles. The first-order chi connectivity index (χ1) is 13.3. The molecule has 0 radical (unpaired) electrons. The normalized spacial score (nSPS) is 21.6. The topological polar surface area (TPSA) is 80.9 Å². The molecule has 27 heavy (non-hydrogen) atoms. The summed E-state index contributed by atoms with van der Waals surface area (Å²) in [7, 11) is 0. The summed E-state index contributed by atoms with van der Waals surface area (Å²) in [6, 6.07) is 12.5. The average Bonchev–Trinajstić information content (AvgIpc) is 3.48. The Hall–Kier alpha value is -3.35. The van der Waals surface area contributed by atoms with Crippen molar-refractivity contribution < 1.29 is 4.79 Å². The molecule has 2 atom stereocenters. The van der Waals surface area contributed by atoms with Crippen molar-refractivity contribution in [3.8, 4) is 0 Å². The average molecular weight is 358 g/mol. The largest absolute Gasteiger partial charge is 0.351 e. The van der Waals surface area contributed by atoms with Crippen LogP contribution in [0.4, 0.5) is 5.82 Å². The van der Waals surface area contributed by atoms with Gasteiger partial charge in [0.15, 0.2) is 0 Å². The number of nitrogens with zero attached hydrogens (tertiary/aromatic N) is 4. The molecule has 6 rings (SSSR count). The van der Waals surface area contributed by atoms with E-state index in [0.717, 1.165) is 47.3 Å². The molecule has 2 fully saturated rings. The summed E-state index contributed by atoms with van der Waals surface area (Å²) in [6.07, 6.45) is 4.48. The van der Waals surface area contributed by atoms with Crippen LogP contribution in [0.25, 0.3) is 21.9 Å². The Kier molecular flexibility index (Phi) is 2.92. The summed E-state index contributed by atoms with van der Waals surface area (Å²) >= 11 is 0. The molecule has 2 bridgehead atoms. The second kappa shape index (κ2) is 5.33. The lowest BCUT2D eigenvalue weighted by molar-refractivity contribution is 0.0720. The number of aromatic amines is 2. The number of fused-ring (bicyclic) bond motifs is 4. The van der Waals surface area contributed by atoms with Crippen LogP contribution in [0.15, 0.2) is 48.9 Å². The molecule has 3 aromatic heterocycles. The highest BCUT2D eigenvalue weighted by atomic mass is 16.2. The summed E-state index contributed by atoms with van der Waals surface area (Å²) in [5, 5.41) is 2.11. The van der Waals surface area contributed by atoms with E-state index in [1.54, 1.807) is 6.33 Å². The highest BCUT2D eigenvalue weighted by Crippen LogP contribution is 2.36. The van der Waals surface area contributed by atoms with E-state index >= 15 is 0 Å². The van der Waals surface area contributed by atoms with Crippen LogP contribution in [-0.4, -0.2) is 55.9 Å². The van der Waals surface area contributed by atoms with Crippen molar-refractivity contribution in [1.29, 1.82) is 0 Å². The second-order valence-electron chi connectivity index (χ2n) is 7.36. The lowest BCUT2D eigenvalue weighted by Crippen LogP contribution is -2.49. The lowest BCUT2D eigenvalue weighted by Gasteiger charge is -2.34. The first-order valence-corrected chi connectivity index (χ1v) is 9.21. The number of carbonyl (C=O) groups is 1. The number of piperazine rings is 1. The van der Waals surface area contributed by atoms with E-state index in [2.05, 4.69) is 24.8 Å². The third-order valence-electron chi connectivity index (χ3n) is 5.87. The number of carbonyl (C=O) groups excluding carboxylic acids is 1. The number of rotatable bonds is 2. The minimum Gasteiger partial charge on any atom is -0.351 e. The van der Waals surface area contributed by atoms with Crippen LogP contribution in [0, 0.1) is 0 Å². The molecule has 2 aliphatic rings. The Morgan fingerprint density at radius 3 is 2.89 bits per heavy atom. The van der Waals surface area contributed by atoms with Crippen LogP contribution in [0.1, 0.15) is 16.9 Å². The summed E-state index contributed by atoms with van der Waals surface area (Å²) < 4.78 is 0. The Labute approximate surface area is 155 Å². The molecular formula is C20H18N6O. The van der Waals surface area contributed by atoms with Gasteiger partial charge < -0.3 is 19.8 Å². The maximum atomic E-state index is 13.1. The quantitative estimate of drug-likeness (QED) is 0.577. The van der Waals surface area contributed by atoms with E-state index in [4.69, 9.17) is 0 Å². The summed E-state index contributed by atoms with van der Waals surface area (Å²) in [5.74, 6) is 1.05. The van der Waals surface area contributed by atoms with Crippen LogP contribution in [-0.2, 0) is 0 Å². The lowest BCUT2D eigenvalue weighted by atomic mass is 10.2. The van der Waals surface area contributed by atoms with E-state index in [-0.39, 0.29) is 11.9 Å². The molecule has 2 N–H and O–H groups in total. The SMILES string of the molecule is O=C(c1cc2ccccc2[nH]1)N1CC2CC1CN2c1ncnc2[nH]ccc12. The molecule has 0 spiro atoms. The number of aromatic nitrogens is 4. The van der Waals surface area contributed by atoms with Crippen molar-refractivity contribution in [2.24, 2.45) is 0 Å². The number of nitrogens with one attached hydrogen (secondary N) is 2. The number of benzene rings is 1. The Morgan fingerprint density at radius 2 is 2.04 bits per heavy atom. The zero-order valence-electron chi connectivity index (χ0n) is 14.6. The van der Waals surface area contributed by atoms with Crippen molar-refractivity contribution in [2.75, 3.05) is 18.0 Å². The van der Waals surface area contributed by atoms with Gasteiger partial charge in [0, 0.05) is 30.2 Å².